The van der Waals surface area contributed by atoms with Crippen LogP contribution in [0.15, 0.2) is 46.9 Å². The number of rotatable bonds is 3. The van der Waals surface area contributed by atoms with Crippen molar-refractivity contribution in [1.82, 2.24) is 0 Å². The van der Waals surface area contributed by atoms with E-state index >= 15 is 0 Å². The standard InChI is InChI=1S/C14H12BrFN2O/c15-11-4-5-12(16)13(7-11)18-14(19)10-3-1-2-9(6-10)8-17/h1-7H,8,17H2,(H,18,19). The van der Waals surface area contributed by atoms with E-state index in [1.54, 1.807) is 24.3 Å². The number of anilines is 1. The summed E-state index contributed by atoms with van der Waals surface area (Å²) in [6, 6.07) is 11.3. The summed E-state index contributed by atoms with van der Waals surface area (Å²) in [5.74, 6) is -0.848. The van der Waals surface area contributed by atoms with Crippen LogP contribution in [0.2, 0.25) is 0 Å². The van der Waals surface area contributed by atoms with E-state index in [0.717, 1.165) is 5.56 Å². The molecule has 98 valence electrons. The molecule has 0 heterocycles. The maximum Gasteiger partial charge on any atom is 0.255 e. The monoisotopic (exact) mass is 322 g/mol. The van der Waals surface area contributed by atoms with E-state index in [2.05, 4.69) is 21.2 Å². The van der Waals surface area contributed by atoms with Crippen LogP contribution in [0.1, 0.15) is 15.9 Å². The number of benzene rings is 2. The number of nitrogens with one attached hydrogen (secondary N) is 1. The Balaban J connectivity index is 2.22. The maximum atomic E-state index is 13.5. The van der Waals surface area contributed by atoms with Crippen LogP contribution in [0.3, 0.4) is 0 Å². The minimum absolute atomic E-state index is 0.137. The van der Waals surface area contributed by atoms with Gasteiger partial charge in [0.1, 0.15) is 5.82 Å². The van der Waals surface area contributed by atoms with E-state index in [9.17, 15) is 9.18 Å². The lowest BCUT2D eigenvalue weighted by Crippen LogP contribution is -2.13. The highest BCUT2D eigenvalue weighted by Gasteiger charge is 2.10. The van der Waals surface area contributed by atoms with Crippen molar-refractivity contribution in [2.45, 2.75) is 6.54 Å². The van der Waals surface area contributed by atoms with E-state index in [0.29, 0.717) is 16.6 Å². The van der Waals surface area contributed by atoms with E-state index in [1.165, 1.54) is 12.1 Å². The molecule has 3 nitrogen and oxygen atoms in total. The van der Waals surface area contributed by atoms with Crippen molar-refractivity contribution in [3.8, 4) is 0 Å². The van der Waals surface area contributed by atoms with Crippen molar-refractivity contribution in [1.29, 1.82) is 0 Å². The predicted molar refractivity (Wildman–Crippen MR) is 76.4 cm³/mol. The molecule has 1 amide bonds. The summed E-state index contributed by atoms with van der Waals surface area (Å²) in [7, 11) is 0. The third-order valence-corrected chi connectivity index (χ3v) is 3.09. The topological polar surface area (TPSA) is 55.1 Å². The van der Waals surface area contributed by atoms with E-state index in [-0.39, 0.29) is 11.6 Å². The van der Waals surface area contributed by atoms with Gasteiger partial charge in [-0.3, -0.25) is 4.79 Å². The van der Waals surface area contributed by atoms with Gasteiger partial charge in [-0.25, -0.2) is 4.39 Å². The highest BCUT2D eigenvalue weighted by molar-refractivity contribution is 9.10. The summed E-state index contributed by atoms with van der Waals surface area (Å²) < 4.78 is 14.2. The second-order valence-electron chi connectivity index (χ2n) is 3.98. The zero-order valence-electron chi connectivity index (χ0n) is 9.99. The molecule has 2 rings (SSSR count). The van der Waals surface area contributed by atoms with Crippen molar-refractivity contribution >= 4 is 27.5 Å². The van der Waals surface area contributed by atoms with Crippen molar-refractivity contribution in [3.63, 3.8) is 0 Å². The summed E-state index contributed by atoms with van der Waals surface area (Å²) in [5, 5.41) is 2.53. The van der Waals surface area contributed by atoms with E-state index in [4.69, 9.17) is 5.73 Å². The van der Waals surface area contributed by atoms with Crippen LogP contribution in [-0.4, -0.2) is 5.91 Å². The van der Waals surface area contributed by atoms with Gasteiger partial charge in [0.25, 0.3) is 5.91 Å². The molecular weight excluding hydrogens is 311 g/mol. The van der Waals surface area contributed by atoms with Gasteiger partial charge < -0.3 is 11.1 Å². The third-order valence-electron chi connectivity index (χ3n) is 2.60. The van der Waals surface area contributed by atoms with Gasteiger partial charge in [0, 0.05) is 16.6 Å². The number of amides is 1. The first-order valence-electron chi connectivity index (χ1n) is 5.65. The predicted octanol–water partition coefficient (Wildman–Crippen LogP) is 3.30. The van der Waals surface area contributed by atoms with Crippen LogP contribution in [0.5, 0.6) is 0 Å². The molecule has 0 aliphatic rings. The lowest BCUT2D eigenvalue weighted by atomic mass is 10.1. The van der Waals surface area contributed by atoms with Crippen molar-refractivity contribution in [3.05, 3.63) is 63.9 Å². The normalized spacial score (nSPS) is 10.3. The van der Waals surface area contributed by atoms with Crippen LogP contribution in [0, 0.1) is 5.82 Å². The van der Waals surface area contributed by atoms with Gasteiger partial charge in [0.05, 0.1) is 5.69 Å². The second kappa shape index (κ2) is 5.95. The first-order valence-corrected chi connectivity index (χ1v) is 6.45. The quantitative estimate of drug-likeness (QED) is 0.911. The molecule has 0 saturated carbocycles. The molecule has 0 fully saturated rings. The number of hydrogen-bond acceptors (Lipinski definition) is 2. The number of halogens is 2. The number of carbonyl (C=O) groups is 1. The molecule has 0 atom stereocenters. The highest BCUT2D eigenvalue weighted by Crippen LogP contribution is 2.20. The Bertz CT molecular complexity index is 616. The molecule has 0 radical (unpaired) electrons. The van der Waals surface area contributed by atoms with Crippen molar-refractivity contribution in [2.75, 3.05) is 5.32 Å². The molecule has 0 aliphatic heterocycles. The molecule has 0 bridgehead atoms. The summed E-state index contributed by atoms with van der Waals surface area (Å²) in [5.41, 5.74) is 6.95. The Hall–Kier alpha value is -1.72. The molecule has 5 heteroatoms. The van der Waals surface area contributed by atoms with Gasteiger partial charge in [-0.1, -0.05) is 28.1 Å². The van der Waals surface area contributed by atoms with Crippen LogP contribution in [0.25, 0.3) is 0 Å². The Morgan fingerprint density at radius 3 is 2.79 bits per heavy atom. The summed E-state index contributed by atoms with van der Waals surface area (Å²) in [4.78, 5) is 12.0. The third kappa shape index (κ3) is 3.39. The second-order valence-corrected chi connectivity index (χ2v) is 4.90. The number of hydrogen-bond donors (Lipinski definition) is 2. The minimum atomic E-state index is -0.480. The maximum absolute atomic E-state index is 13.5. The molecule has 0 aliphatic carbocycles. The first kappa shape index (κ1) is 13.7. The summed E-state index contributed by atoms with van der Waals surface area (Å²) in [6.45, 7) is 0.354. The Labute approximate surface area is 118 Å². The van der Waals surface area contributed by atoms with Gasteiger partial charge in [0.2, 0.25) is 0 Å². The summed E-state index contributed by atoms with van der Waals surface area (Å²) in [6.07, 6.45) is 0. The molecule has 0 unspecified atom stereocenters. The lowest BCUT2D eigenvalue weighted by Gasteiger charge is -2.08. The van der Waals surface area contributed by atoms with Crippen LogP contribution < -0.4 is 11.1 Å². The summed E-state index contributed by atoms with van der Waals surface area (Å²) >= 11 is 3.23. The van der Waals surface area contributed by atoms with Crippen LogP contribution in [0.4, 0.5) is 10.1 Å². The average Bonchev–Trinajstić information content (AvgIpc) is 2.43. The van der Waals surface area contributed by atoms with Crippen molar-refractivity contribution < 1.29 is 9.18 Å². The molecular formula is C14H12BrFN2O. The van der Waals surface area contributed by atoms with Gasteiger partial charge in [-0.05, 0) is 35.9 Å². The molecule has 0 saturated heterocycles. The fourth-order valence-electron chi connectivity index (χ4n) is 1.63. The zero-order valence-corrected chi connectivity index (χ0v) is 11.6. The van der Waals surface area contributed by atoms with Gasteiger partial charge >= 0.3 is 0 Å². The van der Waals surface area contributed by atoms with E-state index in [1.807, 2.05) is 6.07 Å². The molecule has 2 aromatic rings. The zero-order chi connectivity index (χ0) is 13.8. The van der Waals surface area contributed by atoms with Crippen molar-refractivity contribution in [2.24, 2.45) is 5.73 Å². The largest absolute Gasteiger partial charge is 0.326 e. The molecule has 19 heavy (non-hydrogen) atoms. The van der Waals surface area contributed by atoms with E-state index < -0.39 is 5.82 Å². The molecule has 0 spiro atoms. The number of nitrogens with two attached hydrogens (primary N) is 1. The lowest BCUT2D eigenvalue weighted by molar-refractivity contribution is 0.102. The Morgan fingerprint density at radius 2 is 2.05 bits per heavy atom. The fraction of sp³-hybridized carbons (Fsp3) is 0.0714. The highest BCUT2D eigenvalue weighted by atomic mass is 79.9. The first-order chi connectivity index (χ1) is 9.10. The van der Waals surface area contributed by atoms with Crippen LogP contribution in [-0.2, 0) is 6.54 Å². The van der Waals surface area contributed by atoms with Gasteiger partial charge in [0.15, 0.2) is 0 Å². The fourth-order valence-corrected chi connectivity index (χ4v) is 1.99. The van der Waals surface area contributed by atoms with Crippen LogP contribution >= 0.6 is 15.9 Å². The van der Waals surface area contributed by atoms with Gasteiger partial charge in [-0.15, -0.1) is 0 Å². The smallest absolute Gasteiger partial charge is 0.255 e. The molecule has 3 N–H and O–H groups in total. The number of carbonyl (C=O) groups excluding carboxylic acids is 1. The Kier molecular flexibility index (Phi) is 4.29. The molecule has 0 aromatic heterocycles. The average molecular weight is 323 g/mol. The Morgan fingerprint density at radius 1 is 1.26 bits per heavy atom. The SMILES string of the molecule is NCc1cccc(C(=O)Nc2cc(Br)ccc2F)c1. The minimum Gasteiger partial charge on any atom is -0.326 e. The van der Waals surface area contributed by atoms with Gasteiger partial charge in [-0.2, -0.15) is 0 Å². The molecule has 2 aromatic carbocycles.